The smallest absolute Gasteiger partial charge is 0.145 e. The van der Waals surface area contributed by atoms with Gasteiger partial charge < -0.3 is 13.6 Å². The zero-order valence-electron chi connectivity index (χ0n) is 28.6. The standard InChI is InChI=1S/C50H30N2O/c1-3-12-35(13-4-1)51-43-27-23-33(29-42(43)48-37-16-8-7-11-31(37)22-28-44(48)51)34-21-24-38-40-25-19-32-20-26-41-39-17-9-10-18-46(39)53-50(41)47(32)49(40)52(45(38)30-34)36-14-5-2-6-15-36/h1-30H. The first-order chi connectivity index (χ1) is 26.3. The van der Waals surface area contributed by atoms with Gasteiger partial charge in [-0.15, -0.1) is 0 Å². The van der Waals surface area contributed by atoms with Gasteiger partial charge in [-0.05, 0) is 87.9 Å². The van der Waals surface area contributed by atoms with E-state index in [2.05, 4.69) is 185 Å². The van der Waals surface area contributed by atoms with Crippen molar-refractivity contribution >= 4 is 87.1 Å². The van der Waals surface area contributed by atoms with Crippen LogP contribution < -0.4 is 0 Å². The quantitative estimate of drug-likeness (QED) is 0.183. The number of fused-ring (bicyclic) bond motifs is 14. The average Bonchev–Trinajstić information content (AvgIpc) is 3.88. The maximum atomic E-state index is 6.68. The maximum Gasteiger partial charge on any atom is 0.145 e. The zero-order valence-corrected chi connectivity index (χ0v) is 28.6. The molecule has 3 heteroatoms. The highest BCUT2D eigenvalue weighted by Crippen LogP contribution is 2.44. The summed E-state index contributed by atoms with van der Waals surface area (Å²) in [5.41, 5.74) is 11.2. The predicted molar refractivity (Wildman–Crippen MR) is 223 cm³/mol. The van der Waals surface area contributed by atoms with Crippen LogP contribution in [0.2, 0.25) is 0 Å². The molecule has 3 heterocycles. The molecule has 0 radical (unpaired) electrons. The van der Waals surface area contributed by atoms with Gasteiger partial charge in [0, 0.05) is 49.1 Å². The Morgan fingerprint density at radius 3 is 1.79 bits per heavy atom. The number of para-hydroxylation sites is 3. The molecule has 12 rings (SSSR count). The van der Waals surface area contributed by atoms with Crippen LogP contribution in [0.15, 0.2) is 186 Å². The number of furan rings is 1. The van der Waals surface area contributed by atoms with Crippen LogP contribution in [0.25, 0.3) is 110 Å². The van der Waals surface area contributed by atoms with Crippen molar-refractivity contribution in [3.63, 3.8) is 0 Å². The second-order valence-electron chi connectivity index (χ2n) is 14.1. The molecule has 246 valence electrons. The van der Waals surface area contributed by atoms with Gasteiger partial charge >= 0.3 is 0 Å². The molecule has 3 aromatic heterocycles. The molecule has 12 aromatic rings. The first kappa shape index (κ1) is 28.6. The van der Waals surface area contributed by atoms with Gasteiger partial charge in [0.15, 0.2) is 0 Å². The third kappa shape index (κ3) is 3.99. The van der Waals surface area contributed by atoms with Crippen LogP contribution in [-0.4, -0.2) is 9.13 Å². The van der Waals surface area contributed by atoms with E-state index in [-0.39, 0.29) is 0 Å². The predicted octanol–water partition coefficient (Wildman–Crippen LogP) is 13.8. The average molecular weight is 675 g/mol. The van der Waals surface area contributed by atoms with Crippen LogP contribution in [0.4, 0.5) is 0 Å². The van der Waals surface area contributed by atoms with Crippen molar-refractivity contribution in [1.29, 1.82) is 0 Å². The molecule has 0 aliphatic heterocycles. The molecule has 0 N–H and O–H groups in total. The molecule has 3 nitrogen and oxygen atoms in total. The van der Waals surface area contributed by atoms with Crippen molar-refractivity contribution in [2.75, 3.05) is 0 Å². The summed E-state index contributed by atoms with van der Waals surface area (Å²) in [6, 6.07) is 66.0. The summed E-state index contributed by atoms with van der Waals surface area (Å²) in [6.07, 6.45) is 0. The molecular formula is C50H30N2O. The van der Waals surface area contributed by atoms with E-state index in [1.54, 1.807) is 0 Å². The Labute approximate surface area is 304 Å². The normalized spacial score (nSPS) is 12.2. The van der Waals surface area contributed by atoms with Crippen LogP contribution in [-0.2, 0) is 0 Å². The number of aromatic nitrogens is 2. The van der Waals surface area contributed by atoms with Gasteiger partial charge in [-0.25, -0.2) is 0 Å². The summed E-state index contributed by atoms with van der Waals surface area (Å²) in [5, 5.41) is 12.1. The third-order valence-electron chi connectivity index (χ3n) is 11.3. The summed E-state index contributed by atoms with van der Waals surface area (Å²) >= 11 is 0. The van der Waals surface area contributed by atoms with E-state index in [1.807, 2.05) is 6.07 Å². The SMILES string of the molecule is c1ccc(-n2c3ccc(-c4ccc5c6ccc7ccc8c9ccccc9oc8c7c6n(-c6ccccc6)c5c4)cc3c3c4ccccc4ccc32)cc1. The van der Waals surface area contributed by atoms with E-state index in [0.717, 1.165) is 44.1 Å². The maximum absolute atomic E-state index is 6.68. The van der Waals surface area contributed by atoms with Crippen molar-refractivity contribution in [1.82, 2.24) is 9.13 Å². The summed E-state index contributed by atoms with van der Waals surface area (Å²) in [7, 11) is 0. The van der Waals surface area contributed by atoms with E-state index < -0.39 is 0 Å². The number of hydrogen-bond acceptors (Lipinski definition) is 1. The Balaban J connectivity index is 1.17. The van der Waals surface area contributed by atoms with Gasteiger partial charge in [0.1, 0.15) is 11.2 Å². The van der Waals surface area contributed by atoms with Crippen molar-refractivity contribution in [2.24, 2.45) is 0 Å². The monoisotopic (exact) mass is 674 g/mol. The fraction of sp³-hybridized carbons (Fsp3) is 0. The first-order valence-corrected chi connectivity index (χ1v) is 18.2. The van der Waals surface area contributed by atoms with Gasteiger partial charge in [0.25, 0.3) is 0 Å². The molecule has 0 amide bonds. The van der Waals surface area contributed by atoms with Gasteiger partial charge in [0.05, 0.1) is 22.1 Å². The fourth-order valence-corrected chi connectivity index (χ4v) is 8.94. The second-order valence-corrected chi connectivity index (χ2v) is 14.1. The van der Waals surface area contributed by atoms with E-state index in [4.69, 9.17) is 4.42 Å². The molecule has 0 aliphatic rings. The lowest BCUT2D eigenvalue weighted by atomic mass is 9.99. The lowest BCUT2D eigenvalue weighted by Crippen LogP contribution is -1.94. The summed E-state index contributed by atoms with van der Waals surface area (Å²) in [5.74, 6) is 0. The number of benzene rings is 9. The largest absolute Gasteiger partial charge is 0.455 e. The van der Waals surface area contributed by atoms with Crippen LogP contribution in [0, 0.1) is 0 Å². The van der Waals surface area contributed by atoms with Crippen LogP contribution in [0.1, 0.15) is 0 Å². The zero-order chi connectivity index (χ0) is 34.6. The molecule has 0 aliphatic carbocycles. The molecular weight excluding hydrogens is 645 g/mol. The molecule has 0 atom stereocenters. The summed E-state index contributed by atoms with van der Waals surface area (Å²) in [4.78, 5) is 0. The molecule has 0 saturated carbocycles. The lowest BCUT2D eigenvalue weighted by Gasteiger charge is -2.11. The third-order valence-corrected chi connectivity index (χ3v) is 11.3. The van der Waals surface area contributed by atoms with Gasteiger partial charge in [0.2, 0.25) is 0 Å². The first-order valence-electron chi connectivity index (χ1n) is 18.2. The Morgan fingerprint density at radius 2 is 0.962 bits per heavy atom. The minimum Gasteiger partial charge on any atom is -0.455 e. The number of nitrogens with zero attached hydrogens (tertiary/aromatic N) is 2. The van der Waals surface area contributed by atoms with Crippen LogP contribution in [0.5, 0.6) is 0 Å². The van der Waals surface area contributed by atoms with Gasteiger partial charge in [-0.2, -0.15) is 0 Å². The molecule has 53 heavy (non-hydrogen) atoms. The second kappa shape index (κ2) is 10.7. The highest BCUT2D eigenvalue weighted by Gasteiger charge is 2.21. The summed E-state index contributed by atoms with van der Waals surface area (Å²) in [6.45, 7) is 0. The number of hydrogen-bond donors (Lipinski definition) is 0. The lowest BCUT2D eigenvalue weighted by molar-refractivity contribution is 0.673. The fourth-order valence-electron chi connectivity index (χ4n) is 8.94. The number of rotatable bonds is 3. The van der Waals surface area contributed by atoms with Crippen molar-refractivity contribution in [2.45, 2.75) is 0 Å². The van der Waals surface area contributed by atoms with E-state index >= 15 is 0 Å². The topological polar surface area (TPSA) is 23.0 Å². The van der Waals surface area contributed by atoms with E-state index in [0.29, 0.717) is 0 Å². The van der Waals surface area contributed by atoms with Gasteiger partial charge in [-0.1, -0.05) is 121 Å². The van der Waals surface area contributed by atoms with E-state index in [9.17, 15) is 0 Å². The molecule has 0 bridgehead atoms. The highest BCUT2D eigenvalue weighted by molar-refractivity contribution is 6.27. The Bertz CT molecular complexity index is 3440. The van der Waals surface area contributed by atoms with E-state index in [1.165, 1.54) is 65.5 Å². The Kier molecular flexibility index (Phi) is 5.77. The molecule has 9 aromatic carbocycles. The van der Waals surface area contributed by atoms with Gasteiger partial charge in [-0.3, -0.25) is 0 Å². The molecule has 0 fully saturated rings. The van der Waals surface area contributed by atoms with Crippen molar-refractivity contribution in [3.05, 3.63) is 182 Å². The van der Waals surface area contributed by atoms with Crippen molar-refractivity contribution in [3.8, 4) is 22.5 Å². The minimum atomic E-state index is 0.911. The van der Waals surface area contributed by atoms with Crippen molar-refractivity contribution < 1.29 is 4.42 Å². The molecule has 0 spiro atoms. The van der Waals surface area contributed by atoms with Crippen LogP contribution >= 0.6 is 0 Å². The highest BCUT2D eigenvalue weighted by atomic mass is 16.3. The minimum absolute atomic E-state index is 0.911. The van der Waals surface area contributed by atoms with Crippen LogP contribution in [0.3, 0.4) is 0 Å². The Hall–Kier alpha value is -7.10. The molecule has 0 unspecified atom stereocenters. The Morgan fingerprint density at radius 1 is 0.340 bits per heavy atom. The molecule has 0 saturated heterocycles. The summed E-state index contributed by atoms with van der Waals surface area (Å²) < 4.78 is 11.5.